The second kappa shape index (κ2) is 6.89. The van der Waals surface area contributed by atoms with Crippen LogP contribution in [0.4, 0.5) is 0 Å². The molecule has 1 saturated carbocycles. The lowest BCUT2D eigenvalue weighted by Crippen LogP contribution is -2.56. The standard InChI is InChI=1S/C14H26N2O3/c1-3-7-11(15)13(19)16(2)14(10-12(17)18)8-5-4-6-9-14/h11H,3-10,15H2,1-2H3,(H,17,18)/t11-/m1/s1. The first-order valence-corrected chi connectivity index (χ1v) is 7.18. The monoisotopic (exact) mass is 270 g/mol. The van der Waals surface area contributed by atoms with E-state index in [9.17, 15) is 9.59 Å². The van der Waals surface area contributed by atoms with Crippen molar-refractivity contribution in [3.63, 3.8) is 0 Å². The van der Waals surface area contributed by atoms with Crippen LogP contribution in [0.15, 0.2) is 0 Å². The fourth-order valence-electron chi connectivity index (χ4n) is 3.04. The summed E-state index contributed by atoms with van der Waals surface area (Å²) in [7, 11) is 1.71. The minimum Gasteiger partial charge on any atom is -0.481 e. The first kappa shape index (κ1) is 16.0. The minimum atomic E-state index is -0.842. The smallest absolute Gasteiger partial charge is 0.305 e. The van der Waals surface area contributed by atoms with Crippen LogP contribution >= 0.6 is 0 Å². The van der Waals surface area contributed by atoms with Gasteiger partial charge in [-0.1, -0.05) is 32.6 Å². The number of carboxylic acids is 1. The highest BCUT2D eigenvalue weighted by molar-refractivity contribution is 5.83. The maximum atomic E-state index is 12.3. The van der Waals surface area contributed by atoms with Gasteiger partial charge in [0, 0.05) is 7.05 Å². The zero-order valence-corrected chi connectivity index (χ0v) is 12.0. The van der Waals surface area contributed by atoms with E-state index < -0.39 is 17.6 Å². The van der Waals surface area contributed by atoms with Crippen LogP contribution in [0, 0.1) is 0 Å². The number of carbonyl (C=O) groups is 2. The Kier molecular flexibility index (Phi) is 5.79. The number of hydrogen-bond acceptors (Lipinski definition) is 3. The van der Waals surface area contributed by atoms with Crippen molar-refractivity contribution in [1.29, 1.82) is 0 Å². The molecule has 0 spiro atoms. The van der Waals surface area contributed by atoms with Gasteiger partial charge in [0.2, 0.25) is 5.91 Å². The summed E-state index contributed by atoms with van der Waals surface area (Å²) >= 11 is 0. The average Bonchev–Trinajstić information content (AvgIpc) is 2.37. The quantitative estimate of drug-likeness (QED) is 0.770. The van der Waals surface area contributed by atoms with Gasteiger partial charge in [-0.15, -0.1) is 0 Å². The molecule has 3 N–H and O–H groups in total. The molecule has 1 amide bonds. The average molecular weight is 270 g/mol. The van der Waals surface area contributed by atoms with E-state index in [0.29, 0.717) is 6.42 Å². The largest absolute Gasteiger partial charge is 0.481 e. The van der Waals surface area contributed by atoms with Gasteiger partial charge < -0.3 is 15.7 Å². The maximum Gasteiger partial charge on any atom is 0.305 e. The van der Waals surface area contributed by atoms with Crippen LogP contribution in [0.1, 0.15) is 58.3 Å². The van der Waals surface area contributed by atoms with Crippen molar-refractivity contribution in [2.24, 2.45) is 5.73 Å². The summed E-state index contributed by atoms with van der Waals surface area (Å²) in [5.74, 6) is -0.962. The molecule has 19 heavy (non-hydrogen) atoms. The van der Waals surface area contributed by atoms with Crippen LogP contribution in [-0.2, 0) is 9.59 Å². The molecule has 1 aliphatic rings. The topological polar surface area (TPSA) is 83.6 Å². The van der Waals surface area contributed by atoms with E-state index in [2.05, 4.69) is 0 Å². The van der Waals surface area contributed by atoms with Crippen molar-refractivity contribution in [2.75, 3.05) is 7.05 Å². The molecule has 0 saturated heterocycles. The summed E-state index contributed by atoms with van der Waals surface area (Å²) in [6.07, 6.45) is 6.13. The number of hydrogen-bond donors (Lipinski definition) is 2. The van der Waals surface area contributed by atoms with Gasteiger partial charge in [0.1, 0.15) is 0 Å². The van der Waals surface area contributed by atoms with Crippen molar-refractivity contribution in [2.45, 2.75) is 69.9 Å². The summed E-state index contributed by atoms with van der Waals surface area (Å²) < 4.78 is 0. The lowest BCUT2D eigenvalue weighted by molar-refractivity contribution is -0.146. The molecular weight excluding hydrogens is 244 g/mol. The number of likely N-dealkylation sites (N-methyl/N-ethyl adjacent to an activating group) is 1. The molecule has 1 fully saturated rings. The molecule has 0 bridgehead atoms. The zero-order valence-electron chi connectivity index (χ0n) is 12.0. The summed E-state index contributed by atoms with van der Waals surface area (Å²) in [5.41, 5.74) is 5.35. The van der Waals surface area contributed by atoms with Crippen LogP contribution < -0.4 is 5.73 Å². The van der Waals surface area contributed by atoms with Crippen LogP contribution in [0.2, 0.25) is 0 Å². The Labute approximate surface area is 115 Å². The first-order chi connectivity index (χ1) is 8.93. The summed E-state index contributed by atoms with van der Waals surface area (Å²) in [6.45, 7) is 1.99. The Balaban J connectivity index is 2.84. The van der Waals surface area contributed by atoms with E-state index in [1.807, 2.05) is 6.92 Å². The lowest BCUT2D eigenvalue weighted by Gasteiger charge is -2.44. The lowest BCUT2D eigenvalue weighted by atomic mass is 9.77. The SMILES string of the molecule is CCC[C@@H](N)C(=O)N(C)C1(CC(=O)O)CCCCC1. The predicted molar refractivity (Wildman–Crippen MR) is 73.7 cm³/mol. The fraction of sp³-hybridized carbons (Fsp3) is 0.857. The highest BCUT2D eigenvalue weighted by Gasteiger charge is 2.41. The highest BCUT2D eigenvalue weighted by Crippen LogP contribution is 2.36. The second-order valence-corrected chi connectivity index (χ2v) is 5.65. The van der Waals surface area contributed by atoms with Gasteiger partial charge in [-0.05, 0) is 19.3 Å². The van der Waals surface area contributed by atoms with E-state index in [4.69, 9.17) is 10.8 Å². The number of amides is 1. The molecular formula is C14H26N2O3. The van der Waals surface area contributed by atoms with Gasteiger partial charge in [0.05, 0.1) is 18.0 Å². The van der Waals surface area contributed by atoms with E-state index in [1.165, 1.54) is 0 Å². The minimum absolute atomic E-state index is 0.0219. The van der Waals surface area contributed by atoms with Gasteiger partial charge in [0.25, 0.3) is 0 Å². The third kappa shape index (κ3) is 3.93. The maximum absolute atomic E-state index is 12.3. The van der Waals surface area contributed by atoms with Crippen LogP contribution in [0.25, 0.3) is 0 Å². The van der Waals surface area contributed by atoms with Gasteiger partial charge in [-0.2, -0.15) is 0 Å². The summed E-state index contributed by atoms with van der Waals surface area (Å²) in [5, 5.41) is 9.13. The number of nitrogens with zero attached hydrogens (tertiary/aromatic N) is 1. The molecule has 0 aromatic rings. The third-order valence-electron chi connectivity index (χ3n) is 4.22. The third-order valence-corrected chi connectivity index (χ3v) is 4.22. The molecule has 5 nitrogen and oxygen atoms in total. The number of aliphatic carboxylic acids is 1. The molecule has 1 atom stereocenters. The van der Waals surface area contributed by atoms with Gasteiger partial charge in [-0.3, -0.25) is 9.59 Å². The number of nitrogens with two attached hydrogens (primary N) is 1. The van der Waals surface area contributed by atoms with Crippen LogP contribution in [0.3, 0.4) is 0 Å². The number of rotatable bonds is 6. The molecule has 0 radical (unpaired) electrons. The molecule has 0 heterocycles. The molecule has 110 valence electrons. The number of carbonyl (C=O) groups excluding carboxylic acids is 1. The van der Waals surface area contributed by atoms with Gasteiger partial charge in [-0.25, -0.2) is 0 Å². The van der Waals surface area contributed by atoms with Crippen molar-refractivity contribution in [3.05, 3.63) is 0 Å². The Hall–Kier alpha value is -1.10. The normalized spacial score (nSPS) is 19.7. The predicted octanol–water partition coefficient (Wildman–Crippen LogP) is 1.75. The van der Waals surface area contributed by atoms with Crippen LogP contribution in [0.5, 0.6) is 0 Å². The molecule has 0 unspecified atom stereocenters. The summed E-state index contributed by atoms with van der Waals surface area (Å²) in [4.78, 5) is 25.1. The molecule has 0 aromatic heterocycles. The zero-order chi connectivity index (χ0) is 14.5. The molecule has 1 rings (SSSR count). The van der Waals surface area contributed by atoms with E-state index in [-0.39, 0.29) is 12.3 Å². The van der Waals surface area contributed by atoms with E-state index in [0.717, 1.165) is 38.5 Å². The molecule has 1 aliphatic carbocycles. The van der Waals surface area contributed by atoms with E-state index >= 15 is 0 Å². The molecule has 5 heteroatoms. The Morgan fingerprint density at radius 1 is 1.32 bits per heavy atom. The van der Waals surface area contributed by atoms with Crippen molar-refractivity contribution < 1.29 is 14.7 Å². The number of carboxylic acid groups (broad SMARTS) is 1. The van der Waals surface area contributed by atoms with Crippen molar-refractivity contribution >= 4 is 11.9 Å². The van der Waals surface area contributed by atoms with Gasteiger partial charge in [0.15, 0.2) is 0 Å². The first-order valence-electron chi connectivity index (χ1n) is 7.18. The molecule has 0 aromatic carbocycles. The highest BCUT2D eigenvalue weighted by atomic mass is 16.4. The van der Waals surface area contributed by atoms with Crippen LogP contribution in [-0.4, -0.2) is 40.5 Å². The Morgan fingerprint density at radius 3 is 2.37 bits per heavy atom. The van der Waals surface area contributed by atoms with Crippen molar-refractivity contribution in [3.8, 4) is 0 Å². The Morgan fingerprint density at radius 2 is 1.89 bits per heavy atom. The molecule has 0 aliphatic heterocycles. The summed E-state index contributed by atoms with van der Waals surface area (Å²) in [6, 6.07) is -0.511. The van der Waals surface area contributed by atoms with Crippen molar-refractivity contribution in [1.82, 2.24) is 4.90 Å². The second-order valence-electron chi connectivity index (χ2n) is 5.65. The fourth-order valence-corrected chi connectivity index (χ4v) is 3.04. The van der Waals surface area contributed by atoms with E-state index in [1.54, 1.807) is 11.9 Å². The Bertz CT molecular complexity index is 325. The van der Waals surface area contributed by atoms with Gasteiger partial charge >= 0.3 is 5.97 Å².